The number of nitrogens with zero attached hydrogens (tertiary/aromatic N) is 4. The zero-order chi connectivity index (χ0) is 20.2. The minimum atomic E-state index is -0.0858. The van der Waals surface area contributed by atoms with Gasteiger partial charge in [-0.3, -0.25) is 4.79 Å². The Morgan fingerprint density at radius 2 is 1.93 bits per heavy atom. The number of Topliss-reactive ketones (excluding diaryl/α,β-unsaturated/α-hetero) is 1. The Labute approximate surface area is 171 Å². The molecule has 8 nitrogen and oxygen atoms in total. The first-order valence-electron chi connectivity index (χ1n) is 9.09. The van der Waals surface area contributed by atoms with Gasteiger partial charge in [-0.2, -0.15) is 0 Å². The summed E-state index contributed by atoms with van der Waals surface area (Å²) in [6.07, 6.45) is 0.553. The van der Waals surface area contributed by atoms with Crippen LogP contribution in [0.15, 0.2) is 53.2 Å². The van der Waals surface area contributed by atoms with E-state index in [4.69, 9.17) is 21.3 Å². The van der Waals surface area contributed by atoms with Crippen molar-refractivity contribution in [3.63, 3.8) is 0 Å². The summed E-state index contributed by atoms with van der Waals surface area (Å²) >= 11 is 5.92. The number of anilines is 1. The number of benzene rings is 2. The Hall–Kier alpha value is -3.23. The molecule has 0 aliphatic heterocycles. The van der Waals surface area contributed by atoms with Crippen molar-refractivity contribution in [3.05, 3.63) is 59.1 Å². The van der Waals surface area contributed by atoms with Gasteiger partial charge in [-0.05, 0) is 53.1 Å². The monoisotopic (exact) mass is 411 g/mol. The average Bonchev–Trinajstić information content (AvgIpc) is 3.33. The van der Waals surface area contributed by atoms with Gasteiger partial charge in [-0.1, -0.05) is 23.7 Å². The van der Waals surface area contributed by atoms with Gasteiger partial charge in [-0.15, -0.1) is 0 Å². The van der Waals surface area contributed by atoms with Crippen molar-refractivity contribution in [1.29, 1.82) is 0 Å². The molecule has 0 aliphatic rings. The maximum atomic E-state index is 12.9. The highest BCUT2D eigenvalue weighted by Crippen LogP contribution is 2.28. The van der Waals surface area contributed by atoms with Crippen LogP contribution in [0.25, 0.3) is 22.6 Å². The predicted octanol–water partition coefficient (Wildman–Crippen LogP) is 3.42. The maximum absolute atomic E-state index is 12.9. The van der Waals surface area contributed by atoms with Gasteiger partial charge in [0.05, 0.1) is 17.6 Å². The number of nitrogens with one attached hydrogen (secondary N) is 1. The number of carbonyl (C=O) groups excluding carboxylic acids is 1. The van der Waals surface area contributed by atoms with Crippen LogP contribution in [0.3, 0.4) is 0 Å². The second-order valence-electron chi connectivity index (χ2n) is 6.41. The van der Waals surface area contributed by atoms with Crippen molar-refractivity contribution in [3.8, 4) is 11.5 Å². The molecule has 2 N–H and O–H groups in total. The van der Waals surface area contributed by atoms with Gasteiger partial charge in [0, 0.05) is 23.7 Å². The van der Waals surface area contributed by atoms with E-state index >= 15 is 0 Å². The van der Waals surface area contributed by atoms with Crippen molar-refractivity contribution in [2.45, 2.75) is 13.0 Å². The Bertz CT molecular complexity index is 1140. The molecule has 9 heteroatoms. The Balaban J connectivity index is 1.73. The first-order valence-corrected chi connectivity index (χ1v) is 9.47. The minimum absolute atomic E-state index is 0.0573. The molecule has 0 spiro atoms. The molecule has 0 amide bonds. The van der Waals surface area contributed by atoms with Gasteiger partial charge in [0.2, 0.25) is 5.82 Å². The van der Waals surface area contributed by atoms with Crippen LogP contribution in [0.4, 0.5) is 5.82 Å². The summed E-state index contributed by atoms with van der Waals surface area (Å²) in [5, 5.41) is 20.5. The third-order valence-electron chi connectivity index (χ3n) is 4.45. The third-order valence-corrected chi connectivity index (χ3v) is 4.70. The first-order chi connectivity index (χ1) is 14.2. The van der Waals surface area contributed by atoms with Gasteiger partial charge in [-0.25, -0.2) is 9.61 Å². The van der Waals surface area contributed by atoms with Crippen LogP contribution in [-0.4, -0.2) is 43.9 Å². The van der Waals surface area contributed by atoms with E-state index in [0.717, 1.165) is 11.0 Å². The molecule has 0 saturated heterocycles. The van der Waals surface area contributed by atoms with E-state index in [1.54, 1.807) is 28.8 Å². The number of aliphatic hydroxyl groups excluding tert-OH is 1. The molecule has 0 atom stereocenters. The predicted molar refractivity (Wildman–Crippen MR) is 109 cm³/mol. The van der Waals surface area contributed by atoms with Gasteiger partial charge in [0.15, 0.2) is 17.3 Å². The number of fused-ring (bicyclic) bond motifs is 1. The molecule has 0 saturated carbocycles. The van der Waals surface area contributed by atoms with E-state index in [1.807, 2.05) is 24.3 Å². The number of aromatic nitrogens is 4. The molecule has 29 heavy (non-hydrogen) atoms. The van der Waals surface area contributed by atoms with E-state index < -0.39 is 0 Å². The topological polar surface area (TPSA) is 106 Å². The summed E-state index contributed by atoms with van der Waals surface area (Å²) in [5.74, 6) is 0.799. The van der Waals surface area contributed by atoms with E-state index in [2.05, 4.69) is 20.6 Å². The average molecular weight is 412 g/mol. The number of carbonyl (C=O) groups is 1. The number of hydrogen-bond acceptors (Lipinski definition) is 7. The summed E-state index contributed by atoms with van der Waals surface area (Å²) in [6, 6.07) is 14.3. The number of imidazole rings is 1. The van der Waals surface area contributed by atoms with Crippen molar-refractivity contribution < 1.29 is 14.5 Å². The van der Waals surface area contributed by atoms with Crippen LogP contribution in [0.1, 0.15) is 16.8 Å². The number of hydrogen-bond donors (Lipinski definition) is 2. The number of para-hydroxylation sites is 2. The van der Waals surface area contributed by atoms with Gasteiger partial charge >= 0.3 is 0 Å². The molecule has 0 bridgehead atoms. The van der Waals surface area contributed by atoms with Crippen LogP contribution >= 0.6 is 11.6 Å². The summed E-state index contributed by atoms with van der Waals surface area (Å²) in [6.45, 7) is 0.629. The smallest absolute Gasteiger partial charge is 0.202 e. The van der Waals surface area contributed by atoms with E-state index in [0.29, 0.717) is 40.9 Å². The highest BCUT2D eigenvalue weighted by atomic mass is 35.5. The molecule has 4 aromatic rings. The lowest BCUT2D eigenvalue weighted by Crippen LogP contribution is -2.12. The largest absolute Gasteiger partial charge is 0.396 e. The number of aliphatic hydroxyl groups is 1. The molecule has 0 radical (unpaired) electrons. The molecule has 2 heterocycles. The number of rotatable bonds is 8. The van der Waals surface area contributed by atoms with Crippen molar-refractivity contribution in [1.82, 2.24) is 19.9 Å². The fraction of sp³-hybridized carbons (Fsp3) is 0.200. The van der Waals surface area contributed by atoms with Gasteiger partial charge in [0.1, 0.15) is 0 Å². The molecule has 148 valence electrons. The van der Waals surface area contributed by atoms with Crippen molar-refractivity contribution in [2.24, 2.45) is 0 Å². The molecular weight excluding hydrogens is 394 g/mol. The highest BCUT2D eigenvalue weighted by Gasteiger charge is 2.22. The minimum Gasteiger partial charge on any atom is -0.396 e. The highest BCUT2D eigenvalue weighted by molar-refractivity contribution is 6.30. The Morgan fingerprint density at radius 3 is 2.72 bits per heavy atom. The standard InChI is InChI=1S/C20H18ClN5O3/c21-14-8-6-13(7-9-14)17(28)12-26-16-5-2-1-4-15(16)23-20(26)18-19(25-29-24-18)22-10-3-11-27/h1-2,4-9,27H,3,10-12H2,(H,22,25). The van der Waals surface area contributed by atoms with Crippen molar-refractivity contribution >= 4 is 34.2 Å². The normalized spacial score (nSPS) is 11.1. The van der Waals surface area contributed by atoms with Gasteiger partial charge < -0.3 is 15.0 Å². The number of halogens is 1. The van der Waals surface area contributed by atoms with Crippen LogP contribution < -0.4 is 5.32 Å². The second kappa shape index (κ2) is 8.42. The fourth-order valence-corrected chi connectivity index (χ4v) is 3.15. The second-order valence-corrected chi connectivity index (χ2v) is 6.84. The summed E-state index contributed by atoms with van der Waals surface area (Å²) in [5.41, 5.74) is 2.49. The number of ketones is 1. The summed E-state index contributed by atoms with van der Waals surface area (Å²) in [7, 11) is 0. The van der Waals surface area contributed by atoms with Crippen LogP contribution in [0, 0.1) is 0 Å². The van der Waals surface area contributed by atoms with E-state index in [9.17, 15) is 4.79 Å². The summed E-state index contributed by atoms with van der Waals surface area (Å²) < 4.78 is 6.70. The molecule has 0 unspecified atom stereocenters. The SMILES string of the molecule is O=C(Cn1c(-c2nonc2NCCCO)nc2ccccc21)c1ccc(Cl)cc1. The molecule has 0 aliphatic carbocycles. The van der Waals surface area contributed by atoms with Gasteiger partial charge in [0.25, 0.3) is 0 Å². The third kappa shape index (κ3) is 3.98. The lowest BCUT2D eigenvalue weighted by atomic mass is 10.1. The Morgan fingerprint density at radius 1 is 1.14 bits per heavy atom. The maximum Gasteiger partial charge on any atom is 0.202 e. The van der Waals surface area contributed by atoms with E-state index in [-0.39, 0.29) is 18.9 Å². The lowest BCUT2D eigenvalue weighted by Gasteiger charge is -2.08. The van der Waals surface area contributed by atoms with E-state index in [1.165, 1.54) is 0 Å². The zero-order valence-corrected chi connectivity index (χ0v) is 16.1. The molecular formula is C20H18ClN5O3. The molecule has 0 fully saturated rings. The first kappa shape index (κ1) is 19.1. The van der Waals surface area contributed by atoms with Crippen LogP contribution in [-0.2, 0) is 6.54 Å². The Kier molecular flexibility index (Phi) is 5.55. The molecule has 4 rings (SSSR count). The zero-order valence-electron chi connectivity index (χ0n) is 15.4. The quantitative estimate of drug-likeness (QED) is 0.338. The molecule has 2 aromatic carbocycles. The lowest BCUT2D eigenvalue weighted by molar-refractivity contribution is 0.0974. The fourth-order valence-electron chi connectivity index (χ4n) is 3.02. The van der Waals surface area contributed by atoms with Crippen LogP contribution in [0.2, 0.25) is 5.02 Å². The van der Waals surface area contributed by atoms with Crippen molar-refractivity contribution in [2.75, 3.05) is 18.5 Å². The summed E-state index contributed by atoms with van der Waals surface area (Å²) in [4.78, 5) is 17.5. The van der Waals surface area contributed by atoms with Crippen LogP contribution in [0.5, 0.6) is 0 Å². The molecule has 2 aromatic heterocycles.